The molecule has 2 N–H and O–H groups in total. The van der Waals surface area contributed by atoms with Gasteiger partial charge in [-0.05, 0) is 66.5 Å². The molecule has 142 valence electrons. The minimum Gasteiger partial charge on any atom is -0.497 e. The molecule has 0 amide bonds. The summed E-state index contributed by atoms with van der Waals surface area (Å²) in [6, 6.07) is 11.8. The number of esters is 1. The SMILES string of the molecule is COc1ccc(C(=O)OCCNC(=S)NC2CCc3c(F)cccc32)cc1. The number of benzene rings is 2. The van der Waals surface area contributed by atoms with Gasteiger partial charge >= 0.3 is 5.97 Å². The van der Waals surface area contributed by atoms with Crippen LogP contribution in [0.1, 0.15) is 33.9 Å². The number of hydrogen-bond donors (Lipinski definition) is 2. The Bertz CT molecular complexity index is 826. The monoisotopic (exact) mass is 388 g/mol. The zero-order valence-corrected chi connectivity index (χ0v) is 15.8. The van der Waals surface area contributed by atoms with Crippen LogP contribution in [0.2, 0.25) is 0 Å². The van der Waals surface area contributed by atoms with E-state index in [1.165, 1.54) is 6.07 Å². The lowest BCUT2D eigenvalue weighted by molar-refractivity contribution is 0.0512. The summed E-state index contributed by atoms with van der Waals surface area (Å²) in [5.74, 6) is 0.109. The van der Waals surface area contributed by atoms with Crippen molar-refractivity contribution in [1.82, 2.24) is 10.6 Å². The van der Waals surface area contributed by atoms with Gasteiger partial charge < -0.3 is 20.1 Å². The van der Waals surface area contributed by atoms with E-state index in [1.54, 1.807) is 37.4 Å². The first-order valence-corrected chi connectivity index (χ1v) is 9.12. The molecular formula is C20H21FN2O3S. The zero-order valence-electron chi connectivity index (χ0n) is 15.0. The molecule has 0 spiro atoms. The van der Waals surface area contributed by atoms with Crippen LogP contribution in [0.5, 0.6) is 5.75 Å². The molecule has 0 fully saturated rings. The van der Waals surface area contributed by atoms with Crippen LogP contribution in [0, 0.1) is 5.82 Å². The van der Waals surface area contributed by atoms with E-state index in [0.29, 0.717) is 29.4 Å². The van der Waals surface area contributed by atoms with Gasteiger partial charge in [0.05, 0.1) is 25.3 Å². The van der Waals surface area contributed by atoms with Gasteiger partial charge in [0.1, 0.15) is 18.2 Å². The van der Waals surface area contributed by atoms with Crippen molar-refractivity contribution in [1.29, 1.82) is 0 Å². The standard InChI is InChI=1S/C20H21FN2O3S/c1-25-14-7-5-13(6-8-14)19(24)26-12-11-22-20(27)23-18-10-9-15-16(18)3-2-4-17(15)21/h2-8,18H,9-12H2,1H3,(H2,22,23,27). The predicted molar refractivity (Wildman–Crippen MR) is 104 cm³/mol. The van der Waals surface area contributed by atoms with E-state index in [9.17, 15) is 9.18 Å². The summed E-state index contributed by atoms with van der Waals surface area (Å²) in [7, 11) is 1.57. The fourth-order valence-corrected chi connectivity index (χ4v) is 3.33. The normalized spacial score (nSPS) is 15.0. The first-order valence-electron chi connectivity index (χ1n) is 8.71. The summed E-state index contributed by atoms with van der Waals surface area (Å²) in [5, 5.41) is 6.66. The van der Waals surface area contributed by atoms with E-state index in [0.717, 1.165) is 17.5 Å². The van der Waals surface area contributed by atoms with Crippen LogP contribution in [-0.2, 0) is 11.2 Å². The summed E-state index contributed by atoms with van der Waals surface area (Å²) in [6.45, 7) is 0.568. The highest BCUT2D eigenvalue weighted by Gasteiger charge is 2.25. The third kappa shape index (κ3) is 4.74. The summed E-state index contributed by atoms with van der Waals surface area (Å²) in [4.78, 5) is 12.0. The predicted octanol–water partition coefficient (Wildman–Crippen LogP) is 3.14. The van der Waals surface area contributed by atoms with E-state index in [-0.39, 0.29) is 18.5 Å². The molecule has 0 radical (unpaired) electrons. The molecule has 3 rings (SSSR count). The van der Waals surface area contributed by atoms with Crippen molar-refractivity contribution in [2.45, 2.75) is 18.9 Å². The van der Waals surface area contributed by atoms with Crippen LogP contribution in [0.4, 0.5) is 4.39 Å². The van der Waals surface area contributed by atoms with Crippen molar-refractivity contribution in [2.24, 2.45) is 0 Å². The highest BCUT2D eigenvalue weighted by atomic mass is 32.1. The van der Waals surface area contributed by atoms with Crippen molar-refractivity contribution in [2.75, 3.05) is 20.3 Å². The highest BCUT2D eigenvalue weighted by molar-refractivity contribution is 7.80. The van der Waals surface area contributed by atoms with Crippen molar-refractivity contribution < 1.29 is 18.7 Å². The molecule has 0 aromatic heterocycles. The number of ether oxygens (including phenoxy) is 2. The summed E-state index contributed by atoms with van der Waals surface area (Å²) in [5.41, 5.74) is 2.16. The van der Waals surface area contributed by atoms with E-state index in [2.05, 4.69) is 10.6 Å². The van der Waals surface area contributed by atoms with Gasteiger partial charge in [-0.2, -0.15) is 0 Å². The molecule has 1 aliphatic rings. The van der Waals surface area contributed by atoms with Gasteiger partial charge in [-0.3, -0.25) is 0 Å². The van der Waals surface area contributed by atoms with E-state index >= 15 is 0 Å². The lowest BCUT2D eigenvalue weighted by Crippen LogP contribution is -2.38. The maximum Gasteiger partial charge on any atom is 0.338 e. The fraction of sp³-hybridized carbons (Fsp3) is 0.300. The Hall–Kier alpha value is -2.67. The smallest absolute Gasteiger partial charge is 0.338 e. The Morgan fingerprint density at radius 3 is 2.78 bits per heavy atom. The van der Waals surface area contributed by atoms with Gasteiger partial charge in [0.25, 0.3) is 0 Å². The molecule has 0 saturated carbocycles. The van der Waals surface area contributed by atoms with Crippen molar-refractivity contribution in [3.8, 4) is 5.75 Å². The molecule has 0 saturated heterocycles. The molecule has 0 heterocycles. The highest BCUT2D eigenvalue weighted by Crippen LogP contribution is 2.32. The molecule has 7 heteroatoms. The molecule has 1 unspecified atom stereocenters. The van der Waals surface area contributed by atoms with Crippen LogP contribution < -0.4 is 15.4 Å². The topological polar surface area (TPSA) is 59.6 Å². The molecule has 1 aliphatic carbocycles. The molecule has 0 bridgehead atoms. The first kappa shape index (κ1) is 19.1. The number of carbonyl (C=O) groups is 1. The Balaban J connectivity index is 1.40. The minimum atomic E-state index is -0.404. The van der Waals surface area contributed by atoms with Crippen LogP contribution in [0.3, 0.4) is 0 Å². The molecule has 5 nitrogen and oxygen atoms in total. The third-order valence-corrected chi connectivity index (χ3v) is 4.73. The molecular weight excluding hydrogens is 367 g/mol. The zero-order chi connectivity index (χ0) is 19.2. The lowest BCUT2D eigenvalue weighted by Gasteiger charge is -2.17. The summed E-state index contributed by atoms with van der Waals surface area (Å²) in [6.07, 6.45) is 1.49. The Labute approximate surface area is 162 Å². The quantitative estimate of drug-likeness (QED) is 0.450. The van der Waals surface area contributed by atoms with E-state index in [4.69, 9.17) is 21.7 Å². The molecule has 0 aliphatic heterocycles. The minimum absolute atomic E-state index is 0.00227. The van der Waals surface area contributed by atoms with Crippen molar-refractivity contribution in [3.63, 3.8) is 0 Å². The Kier molecular flexibility index (Phi) is 6.24. The number of methoxy groups -OCH3 is 1. The van der Waals surface area contributed by atoms with Crippen LogP contribution in [-0.4, -0.2) is 31.3 Å². The summed E-state index contributed by atoms with van der Waals surface area (Å²) >= 11 is 5.28. The average molecular weight is 388 g/mol. The number of thiocarbonyl (C=S) groups is 1. The fourth-order valence-electron chi connectivity index (χ4n) is 3.09. The van der Waals surface area contributed by atoms with Crippen LogP contribution >= 0.6 is 12.2 Å². The molecule has 27 heavy (non-hydrogen) atoms. The molecule has 2 aromatic carbocycles. The Morgan fingerprint density at radius 1 is 1.26 bits per heavy atom. The van der Waals surface area contributed by atoms with Gasteiger partial charge in [-0.15, -0.1) is 0 Å². The second kappa shape index (κ2) is 8.81. The van der Waals surface area contributed by atoms with Gasteiger partial charge in [0.15, 0.2) is 5.11 Å². The second-order valence-corrected chi connectivity index (χ2v) is 6.57. The Morgan fingerprint density at radius 2 is 2.04 bits per heavy atom. The van der Waals surface area contributed by atoms with Gasteiger partial charge in [0.2, 0.25) is 0 Å². The molecule has 1 atom stereocenters. The maximum absolute atomic E-state index is 13.8. The van der Waals surface area contributed by atoms with Gasteiger partial charge in [0, 0.05) is 0 Å². The second-order valence-electron chi connectivity index (χ2n) is 6.16. The van der Waals surface area contributed by atoms with Crippen LogP contribution in [0.25, 0.3) is 0 Å². The number of hydrogen-bond acceptors (Lipinski definition) is 4. The third-order valence-electron chi connectivity index (χ3n) is 4.47. The average Bonchev–Trinajstić information content (AvgIpc) is 3.09. The van der Waals surface area contributed by atoms with Gasteiger partial charge in [-0.1, -0.05) is 12.1 Å². The maximum atomic E-state index is 13.8. The lowest BCUT2D eigenvalue weighted by atomic mass is 10.1. The van der Waals surface area contributed by atoms with Crippen molar-refractivity contribution >= 4 is 23.3 Å². The van der Waals surface area contributed by atoms with Crippen molar-refractivity contribution in [3.05, 3.63) is 65.0 Å². The number of carbonyl (C=O) groups excluding carboxylic acids is 1. The van der Waals surface area contributed by atoms with E-state index < -0.39 is 5.97 Å². The number of halogens is 1. The number of rotatable bonds is 6. The van der Waals surface area contributed by atoms with Gasteiger partial charge in [-0.25, -0.2) is 9.18 Å². The molecule has 2 aromatic rings. The first-order chi connectivity index (χ1) is 13.1. The summed E-state index contributed by atoms with van der Waals surface area (Å²) < 4.78 is 24.0. The largest absolute Gasteiger partial charge is 0.497 e. The van der Waals surface area contributed by atoms with E-state index in [1.807, 2.05) is 6.07 Å². The number of fused-ring (bicyclic) bond motifs is 1. The van der Waals surface area contributed by atoms with Crippen LogP contribution in [0.15, 0.2) is 42.5 Å². The number of nitrogens with one attached hydrogen (secondary N) is 2.